The molecule has 0 spiro atoms. The van der Waals surface area contributed by atoms with E-state index in [2.05, 4.69) is 5.32 Å². The summed E-state index contributed by atoms with van der Waals surface area (Å²) in [5.74, 6) is -0.0233. The van der Waals surface area contributed by atoms with Crippen LogP contribution in [0.5, 0.6) is 0 Å². The normalized spacial score (nSPS) is 19.5. The summed E-state index contributed by atoms with van der Waals surface area (Å²) in [5.41, 5.74) is 7.35. The fourth-order valence-electron chi connectivity index (χ4n) is 2.11. The van der Waals surface area contributed by atoms with Crippen LogP contribution in [-0.2, 0) is 11.2 Å². The summed E-state index contributed by atoms with van der Waals surface area (Å²) in [6.07, 6.45) is 2.86. The largest absolute Gasteiger partial charge is 0.379 e. The summed E-state index contributed by atoms with van der Waals surface area (Å²) < 4.78 is 5.34. The summed E-state index contributed by atoms with van der Waals surface area (Å²) >= 11 is 0. The molecule has 2 rings (SSSR count). The van der Waals surface area contributed by atoms with E-state index in [1.54, 1.807) is 0 Å². The first kappa shape index (κ1) is 13.1. The van der Waals surface area contributed by atoms with Gasteiger partial charge in [-0.05, 0) is 43.5 Å². The Bertz CT molecular complexity index is 383. The molecule has 4 heteroatoms. The Morgan fingerprint density at radius 2 is 2.17 bits per heavy atom. The fourth-order valence-corrected chi connectivity index (χ4v) is 2.11. The van der Waals surface area contributed by atoms with Crippen molar-refractivity contribution in [3.8, 4) is 0 Å². The zero-order valence-electron chi connectivity index (χ0n) is 10.5. The topological polar surface area (TPSA) is 64.4 Å². The molecule has 4 nitrogen and oxygen atoms in total. The third-order valence-corrected chi connectivity index (χ3v) is 3.14. The van der Waals surface area contributed by atoms with E-state index in [1.807, 2.05) is 24.3 Å². The first-order valence-electron chi connectivity index (χ1n) is 6.47. The third kappa shape index (κ3) is 3.55. The number of benzene rings is 1. The molecule has 0 aliphatic carbocycles. The zero-order valence-corrected chi connectivity index (χ0v) is 10.5. The van der Waals surface area contributed by atoms with Crippen molar-refractivity contribution in [2.75, 3.05) is 19.8 Å². The van der Waals surface area contributed by atoms with Crippen LogP contribution in [0, 0.1) is 0 Å². The van der Waals surface area contributed by atoms with Gasteiger partial charge >= 0.3 is 0 Å². The van der Waals surface area contributed by atoms with Gasteiger partial charge in [-0.15, -0.1) is 0 Å². The Morgan fingerprint density at radius 1 is 1.39 bits per heavy atom. The van der Waals surface area contributed by atoms with E-state index in [9.17, 15) is 4.79 Å². The maximum Gasteiger partial charge on any atom is 0.251 e. The number of hydrogen-bond donors (Lipinski definition) is 2. The van der Waals surface area contributed by atoms with Gasteiger partial charge in [0.2, 0.25) is 0 Å². The zero-order chi connectivity index (χ0) is 12.8. The van der Waals surface area contributed by atoms with Crippen LogP contribution in [0.4, 0.5) is 0 Å². The van der Waals surface area contributed by atoms with Crippen molar-refractivity contribution in [2.45, 2.75) is 25.3 Å². The van der Waals surface area contributed by atoms with E-state index in [-0.39, 0.29) is 11.9 Å². The number of amides is 1. The van der Waals surface area contributed by atoms with Crippen LogP contribution in [0.1, 0.15) is 28.8 Å². The molecule has 1 atom stereocenters. The maximum atomic E-state index is 12.0. The highest BCUT2D eigenvalue weighted by molar-refractivity contribution is 5.94. The number of nitrogens with one attached hydrogen (secondary N) is 1. The Labute approximate surface area is 108 Å². The van der Waals surface area contributed by atoms with Gasteiger partial charge in [-0.2, -0.15) is 0 Å². The van der Waals surface area contributed by atoms with Gasteiger partial charge in [0.25, 0.3) is 5.91 Å². The van der Waals surface area contributed by atoms with Crippen molar-refractivity contribution < 1.29 is 9.53 Å². The quantitative estimate of drug-likeness (QED) is 0.838. The van der Waals surface area contributed by atoms with Gasteiger partial charge in [-0.3, -0.25) is 4.79 Å². The monoisotopic (exact) mass is 248 g/mol. The van der Waals surface area contributed by atoms with E-state index in [1.165, 1.54) is 0 Å². The number of hydrogen-bond acceptors (Lipinski definition) is 3. The van der Waals surface area contributed by atoms with Gasteiger partial charge in [0, 0.05) is 12.2 Å². The molecule has 3 N–H and O–H groups in total. The minimum atomic E-state index is -0.0233. The van der Waals surface area contributed by atoms with Crippen molar-refractivity contribution in [2.24, 2.45) is 5.73 Å². The Hall–Kier alpha value is -1.39. The third-order valence-electron chi connectivity index (χ3n) is 3.14. The molecule has 18 heavy (non-hydrogen) atoms. The average molecular weight is 248 g/mol. The lowest BCUT2D eigenvalue weighted by molar-refractivity contribution is 0.0624. The van der Waals surface area contributed by atoms with E-state index >= 15 is 0 Å². The van der Waals surface area contributed by atoms with Gasteiger partial charge < -0.3 is 15.8 Å². The molecule has 1 saturated heterocycles. The summed E-state index contributed by atoms with van der Waals surface area (Å²) in [7, 11) is 0. The van der Waals surface area contributed by atoms with Crippen molar-refractivity contribution in [1.29, 1.82) is 0 Å². The van der Waals surface area contributed by atoms with Crippen LogP contribution in [0.25, 0.3) is 0 Å². The summed E-state index contributed by atoms with van der Waals surface area (Å²) in [4.78, 5) is 12.0. The molecule has 1 fully saturated rings. The number of carbonyl (C=O) groups is 1. The molecule has 98 valence electrons. The molecule has 1 unspecified atom stereocenters. The van der Waals surface area contributed by atoms with E-state index < -0.39 is 0 Å². The molecule has 0 bridgehead atoms. The average Bonchev–Trinajstić information content (AvgIpc) is 2.41. The summed E-state index contributed by atoms with van der Waals surface area (Å²) in [6, 6.07) is 7.77. The second-order valence-corrected chi connectivity index (χ2v) is 4.62. The minimum absolute atomic E-state index is 0.0233. The second kappa shape index (κ2) is 6.52. The van der Waals surface area contributed by atoms with Gasteiger partial charge in [-0.1, -0.05) is 12.1 Å². The Kier molecular flexibility index (Phi) is 4.73. The Morgan fingerprint density at radius 3 is 2.78 bits per heavy atom. The van der Waals surface area contributed by atoms with Crippen LogP contribution in [-0.4, -0.2) is 31.7 Å². The maximum absolute atomic E-state index is 12.0. The summed E-state index contributed by atoms with van der Waals surface area (Å²) in [6.45, 7) is 2.06. The van der Waals surface area contributed by atoms with Crippen molar-refractivity contribution in [3.05, 3.63) is 35.4 Å². The highest BCUT2D eigenvalue weighted by Gasteiger charge is 2.16. The van der Waals surface area contributed by atoms with Crippen LogP contribution in [0.2, 0.25) is 0 Å². The molecule has 0 aromatic heterocycles. The summed E-state index contributed by atoms with van der Waals surface area (Å²) in [5, 5.41) is 3.00. The van der Waals surface area contributed by atoms with Gasteiger partial charge in [-0.25, -0.2) is 0 Å². The standard InChI is InChI=1S/C14H20N2O2/c15-8-7-11-3-5-12(6-4-11)14(17)16-13-2-1-9-18-10-13/h3-6,13H,1-2,7-10,15H2,(H,16,17). The van der Waals surface area contributed by atoms with Crippen molar-refractivity contribution in [1.82, 2.24) is 5.32 Å². The highest BCUT2D eigenvalue weighted by Crippen LogP contribution is 2.09. The van der Waals surface area contributed by atoms with E-state index in [0.717, 1.165) is 31.4 Å². The molecule has 1 heterocycles. The lowest BCUT2D eigenvalue weighted by Crippen LogP contribution is -2.40. The molecule has 1 aromatic rings. The predicted molar refractivity (Wildman–Crippen MR) is 70.5 cm³/mol. The first-order valence-corrected chi connectivity index (χ1v) is 6.47. The van der Waals surface area contributed by atoms with E-state index in [0.29, 0.717) is 18.7 Å². The number of ether oxygens (including phenoxy) is 1. The first-order chi connectivity index (χ1) is 8.79. The van der Waals surface area contributed by atoms with Crippen LogP contribution in [0.15, 0.2) is 24.3 Å². The van der Waals surface area contributed by atoms with Crippen LogP contribution in [0.3, 0.4) is 0 Å². The lowest BCUT2D eigenvalue weighted by atomic mass is 10.1. The smallest absolute Gasteiger partial charge is 0.251 e. The number of nitrogens with two attached hydrogens (primary N) is 1. The predicted octanol–water partition coefficient (Wildman–Crippen LogP) is 1.10. The van der Waals surface area contributed by atoms with Gasteiger partial charge in [0.1, 0.15) is 0 Å². The number of rotatable bonds is 4. The van der Waals surface area contributed by atoms with Crippen LogP contribution < -0.4 is 11.1 Å². The highest BCUT2D eigenvalue weighted by atomic mass is 16.5. The molecule has 0 saturated carbocycles. The van der Waals surface area contributed by atoms with E-state index in [4.69, 9.17) is 10.5 Å². The van der Waals surface area contributed by atoms with Crippen molar-refractivity contribution in [3.63, 3.8) is 0 Å². The second-order valence-electron chi connectivity index (χ2n) is 4.62. The molecular formula is C14H20N2O2. The molecular weight excluding hydrogens is 228 g/mol. The van der Waals surface area contributed by atoms with Crippen molar-refractivity contribution >= 4 is 5.91 Å². The SMILES string of the molecule is NCCc1ccc(C(=O)NC2CCCOC2)cc1. The molecule has 1 aliphatic rings. The fraction of sp³-hybridized carbons (Fsp3) is 0.500. The minimum Gasteiger partial charge on any atom is -0.379 e. The molecule has 1 aliphatic heterocycles. The lowest BCUT2D eigenvalue weighted by Gasteiger charge is -2.23. The van der Waals surface area contributed by atoms with Gasteiger partial charge in [0.05, 0.1) is 12.6 Å². The Balaban J connectivity index is 1.91. The van der Waals surface area contributed by atoms with Crippen LogP contribution >= 0.6 is 0 Å². The number of carbonyl (C=O) groups excluding carboxylic acids is 1. The molecule has 1 amide bonds. The van der Waals surface area contributed by atoms with Gasteiger partial charge in [0.15, 0.2) is 0 Å². The molecule has 1 aromatic carbocycles. The molecule has 0 radical (unpaired) electrons.